The monoisotopic (exact) mass is 349 g/mol. The summed E-state index contributed by atoms with van der Waals surface area (Å²) in [7, 11) is 0. The van der Waals surface area contributed by atoms with Gasteiger partial charge in [0.15, 0.2) is 0 Å². The van der Waals surface area contributed by atoms with Crippen molar-refractivity contribution >= 4 is 11.8 Å². The van der Waals surface area contributed by atoms with Gasteiger partial charge < -0.3 is 9.80 Å². The zero-order valence-electron chi connectivity index (χ0n) is 15.8. The molecule has 3 rings (SSSR count). The zero-order valence-corrected chi connectivity index (χ0v) is 15.8. The lowest BCUT2D eigenvalue weighted by Crippen LogP contribution is -2.41. The number of likely N-dealkylation sites (tertiary alicyclic amines) is 1. The van der Waals surface area contributed by atoms with Crippen LogP contribution in [-0.4, -0.2) is 72.3 Å². The molecule has 142 valence electrons. The fourth-order valence-corrected chi connectivity index (χ4v) is 4.64. The topological polar surface area (TPSA) is 43.9 Å². The molecule has 0 unspecified atom stereocenters. The van der Waals surface area contributed by atoms with E-state index >= 15 is 0 Å². The van der Waals surface area contributed by atoms with Crippen LogP contribution in [0.3, 0.4) is 0 Å². The average Bonchev–Trinajstić information content (AvgIpc) is 3.27. The van der Waals surface area contributed by atoms with Crippen molar-refractivity contribution < 1.29 is 9.59 Å². The minimum atomic E-state index is 0.272. The molecule has 1 aliphatic carbocycles. The van der Waals surface area contributed by atoms with Crippen LogP contribution in [0, 0.1) is 5.92 Å². The Kier molecular flexibility index (Phi) is 7.14. The van der Waals surface area contributed by atoms with Crippen LogP contribution in [0.2, 0.25) is 0 Å². The van der Waals surface area contributed by atoms with Crippen LogP contribution in [-0.2, 0) is 9.59 Å². The molecular weight excluding hydrogens is 314 g/mol. The van der Waals surface area contributed by atoms with Crippen molar-refractivity contribution in [2.24, 2.45) is 5.92 Å². The van der Waals surface area contributed by atoms with Crippen LogP contribution in [0.15, 0.2) is 0 Å². The highest BCUT2D eigenvalue weighted by molar-refractivity contribution is 5.78. The van der Waals surface area contributed by atoms with Gasteiger partial charge in [0.2, 0.25) is 11.8 Å². The third-order valence-corrected chi connectivity index (χ3v) is 6.24. The second-order valence-electron chi connectivity index (χ2n) is 8.14. The van der Waals surface area contributed by atoms with Crippen LogP contribution in [0.25, 0.3) is 0 Å². The van der Waals surface area contributed by atoms with Gasteiger partial charge in [-0.1, -0.05) is 25.7 Å². The van der Waals surface area contributed by atoms with Crippen LogP contribution in [0.4, 0.5) is 0 Å². The largest absolute Gasteiger partial charge is 0.342 e. The molecule has 0 spiro atoms. The maximum absolute atomic E-state index is 12.5. The van der Waals surface area contributed by atoms with E-state index in [0.717, 1.165) is 70.9 Å². The normalized spacial score (nSPS) is 23.2. The van der Waals surface area contributed by atoms with Crippen LogP contribution in [0.5, 0.6) is 0 Å². The van der Waals surface area contributed by atoms with Gasteiger partial charge in [-0.05, 0) is 38.0 Å². The van der Waals surface area contributed by atoms with Gasteiger partial charge in [0.05, 0.1) is 6.54 Å². The number of hydrogen-bond acceptors (Lipinski definition) is 3. The van der Waals surface area contributed by atoms with Crippen molar-refractivity contribution in [1.82, 2.24) is 14.7 Å². The molecule has 5 nitrogen and oxygen atoms in total. The highest BCUT2D eigenvalue weighted by Gasteiger charge is 2.24. The predicted molar refractivity (Wildman–Crippen MR) is 99.3 cm³/mol. The maximum atomic E-state index is 12.5. The summed E-state index contributed by atoms with van der Waals surface area (Å²) in [6.45, 7) is 5.81. The molecule has 3 aliphatic rings. The Balaban J connectivity index is 1.35. The Morgan fingerprint density at radius 2 is 1.40 bits per heavy atom. The van der Waals surface area contributed by atoms with E-state index in [9.17, 15) is 9.59 Å². The molecule has 2 amide bonds. The number of amides is 2. The minimum Gasteiger partial charge on any atom is -0.342 e. The van der Waals surface area contributed by atoms with Gasteiger partial charge in [0.1, 0.15) is 0 Å². The van der Waals surface area contributed by atoms with Crippen LogP contribution < -0.4 is 0 Å². The van der Waals surface area contributed by atoms with Crippen LogP contribution in [0.1, 0.15) is 64.2 Å². The summed E-state index contributed by atoms with van der Waals surface area (Å²) in [6, 6.07) is 0. The van der Waals surface area contributed by atoms with Crippen molar-refractivity contribution in [1.29, 1.82) is 0 Å². The molecule has 2 heterocycles. The maximum Gasteiger partial charge on any atom is 0.236 e. The van der Waals surface area contributed by atoms with E-state index in [-0.39, 0.29) is 5.91 Å². The van der Waals surface area contributed by atoms with E-state index in [4.69, 9.17) is 0 Å². The summed E-state index contributed by atoms with van der Waals surface area (Å²) < 4.78 is 0. The molecule has 1 saturated carbocycles. The van der Waals surface area contributed by atoms with E-state index < -0.39 is 0 Å². The zero-order chi connectivity index (χ0) is 17.5. The van der Waals surface area contributed by atoms with Crippen molar-refractivity contribution in [2.45, 2.75) is 64.2 Å². The Labute approximate surface area is 152 Å². The minimum absolute atomic E-state index is 0.272. The van der Waals surface area contributed by atoms with Gasteiger partial charge in [0, 0.05) is 45.7 Å². The summed E-state index contributed by atoms with van der Waals surface area (Å²) in [5, 5.41) is 0. The summed E-state index contributed by atoms with van der Waals surface area (Å²) in [5.74, 6) is 1.48. The first-order valence-corrected chi connectivity index (χ1v) is 10.5. The molecule has 0 bridgehead atoms. The lowest BCUT2D eigenvalue weighted by atomic mass is 10.0. The lowest BCUT2D eigenvalue weighted by Gasteiger charge is -2.24. The predicted octanol–water partition coefficient (Wildman–Crippen LogP) is 2.50. The molecule has 0 N–H and O–H groups in total. The second kappa shape index (κ2) is 9.56. The molecule has 25 heavy (non-hydrogen) atoms. The first-order valence-electron chi connectivity index (χ1n) is 10.5. The summed E-state index contributed by atoms with van der Waals surface area (Å²) in [5.41, 5.74) is 0. The number of rotatable bonds is 6. The molecule has 0 atom stereocenters. The standard InChI is InChI=1S/C20H35N3O2/c24-19(10-5-9-18-7-1-2-8-18)23-14-6-11-21(15-16-23)17-20(25)22-12-3-4-13-22/h18H,1-17H2. The third kappa shape index (κ3) is 5.70. The number of nitrogens with zero attached hydrogens (tertiary/aromatic N) is 3. The molecule has 0 aromatic heterocycles. The molecule has 5 heteroatoms. The molecule has 2 aliphatic heterocycles. The van der Waals surface area contributed by atoms with Gasteiger partial charge in [-0.3, -0.25) is 14.5 Å². The molecule has 3 fully saturated rings. The molecule has 0 aromatic rings. The quantitative estimate of drug-likeness (QED) is 0.740. The van der Waals surface area contributed by atoms with E-state index in [1.54, 1.807) is 0 Å². The smallest absolute Gasteiger partial charge is 0.236 e. The Morgan fingerprint density at radius 1 is 0.720 bits per heavy atom. The Morgan fingerprint density at radius 3 is 2.16 bits per heavy atom. The summed E-state index contributed by atoms with van der Waals surface area (Å²) in [4.78, 5) is 31.1. The fourth-order valence-electron chi connectivity index (χ4n) is 4.64. The van der Waals surface area contributed by atoms with Gasteiger partial charge in [-0.15, -0.1) is 0 Å². The number of carbonyl (C=O) groups excluding carboxylic acids is 2. The van der Waals surface area contributed by atoms with Gasteiger partial charge >= 0.3 is 0 Å². The van der Waals surface area contributed by atoms with Crippen molar-refractivity contribution in [3.05, 3.63) is 0 Å². The SMILES string of the molecule is O=C(CCCC1CCCC1)N1CCCN(CC(=O)N2CCCC2)CC1. The first kappa shape index (κ1) is 18.7. The number of hydrogen-bond donors (Lipinski definition) is 0. The summed E-state index contributed by atoms with van der Waals surface area (Å²) >= 11 is 0. The highest BCUT2D eigenvalue weighted by Crippen LogP contribution is 2.29. The van der Waals surface area contributed by atoms with Crippen molar-refractivity contribution in [3.8, 4) is 0 Å². The van der Waals surface area contributed by atoms with Gasteiger partial charge in [0.25, 0.3) is 0 Å². The molecule has 2 saturated heterocycles. The van der Waals surface area contributed by atoms with Crippen molar-refractivity contribution in [2.75, 3.05) is 45.8 Å². The Hall–Kier alpha value is -1.10. The molecular formula is C20H35N3O2. The van der Waals surface area contributed by atoms with Gasteiger partial charge in [-0.25, -0.2) is 0 Å². The average molecular weight is 350 g/mol. The van der Waals surface area contributed by atoms with Crippen LogP contribution >= 0.6 is 0 Å². The fraction of sp³-hybridized carbons (Fsp3) is 0.900. The third-order valence-electron chi connectivity index (χ3n) is 6.24. The highest BCUT2D eigenvalue weighted by atomic mass is 16.2. The molecule has 0 aromatic carbocycles. The van der Waals surface area contributed by atoms with E-state index in [1.807, 2.05) is 9.80 Å². The van der Waals surface area contributed by atoms with E-state index in [1.165, 1.54) is 32.1 Å². The first-order chi connectivity index (χ1) is 12.2. The lowest BCUT2D eigenvalue weighted by molar-refractivity contribution is -0.131. The van der Waals surface area contributed by atoms with E-state index in [0.29, 0.717) is 18.9 Å². The number of carbonyl (C=O) groups is 2. The molecule has 0 radical (unpaired) electrons. The Bertz CT molecular complexity index is 442. The van der Waals surface area contributed by atoms with Gasteiger partial charge in [-0.2, -0.15) is 0 Å². The van der Waals surface area contributed by atoms with E-state index in [2.05, 4.69) is 4.90 Å². The second-order valence-corrected chi connectivity index (χ2v) is 8.14. The summed E-state index contributed by atoms with van der Waals surface area (Å²) in [6.07, 6.45) is 11.8. The van der Waals surface area contributed by atoms with Crippen molar-refractivity contribution in [3.63, 3.8) is 0 Å².